The van der Waals surface area contributed by atoms with E-state index in [0.29, 0.717) is 5.69 Å². The molecule has 1 N–H and O–H groups in total. The molecule has 0 aliphatic carbocycles. The van der Waals surface area contributed by atoms with Gasteiger partial charge in [-0.1, -0.05) is 33.6 Å². The number of anilines is 1. The van der Waals surface area contributed by atoms with Gasteiger partial charge < -0.3 is 0 Å². The van der Waals surface area contributed by atoms with Crippen molar-refractivity contribution in [3.8, 4) is 6.07 Å². The number of sulfonamides is 1. The second kappa shape index (κ2) is 6.06. The first-order chi connectivity index (χ1) is 9.83. The number of hydrogen-bond acceptors (Lipinski definition) is 3. The predicted octanol–water partition coefficient (Wildman–Crippen LogP) is 4.08. The first kappa shape index (κ1) is 15.8. The van der Waals surface area contributed by atoms with Crippen LogP contribution in [0.2, 0.25) is 5.02 Å². The van der Waals surface area contributed by atoms with E-state index in [4.69, 9.17) is 16.9 Å². The first-order valence-corrected chi connectivity index (χ1v) is 8.47. The van der Waals surface area contributed by atoms with E-state index >= 15 is 0 Å². The van der Waals surface area contributed by atoms with Crippen LogP contribution in [0.3, 0.4) is 0 Å². The maximum atomic E-state index is 12.4. The van der Waals surface area contributed by atoms with E-state index in [9.17, 15) is 8.42 Å². The Morgan fingerprint density at radius 1 is 1.24 bits per heavy atom. The number of benzene rings is 2. The van der Waals surface area contributed by atoms with E-state index in [0.717, 1.165) is 10.0 Å². The van der Waals surface area contributed by atoms with E-state index in [-0.39, 0.29) is 15.5 Å². The van der Waals surface area contributed by atoms with Crippen molar-refractivity contribution in [3.05, 3.63) is 57.0 Å². The summed E-state index contributed by atoms with van der Waals surface area (Å²) < 4.78 is 28.0. The summed E-state index contributed by atoms with van der Waals surface area (Å²) in [5, 5.41) is 9.28. The van der Waals surface area contributed by atoms with Crippen LogP contribution in [0.4, 0.5) is 5.69 Å². The molecule has 0 atom stereocenters. The highest BCUT2D eigenvalue weighted by Gasteiger charge is 2.19. The first-order valence-electron chi connectivity index (χ1n) is 5.82. The zero-order valence-electron chi connectivity index (χ0n) is 10.9. The van der Waals surface area contributed by atoms with Gasteiger partial charge in [0.05, 0.1) is 5.56 Å². The van der Waals surface area contributed by atoms with Crippen LogP contribution in [-0.2, 0) is 10.0 Å². The molecule has 2 aromatic carbocycles. The van der Waals surface area contributed by atoms with Gasteiger partial charge in [-0.25, -0.2) is 8.42 Å². The summed E-state index contributed by atoms with van der Waals surface area (Å²) >= 11 is 9.16. The molecule has 0 radical (unpaired) electrons. The van der Waals surface area contributed by atoms with Gasteiger partial charge in [-0.3, -0.25) is 4.72 Å². The van der Waals surface area contributed by atoms with Gasteiger partial charge in [0.2, 0.25) is 0 Å². The minimum absolute atomic E-state index is 0.0399. The van der Waals surface area contributed by atoms with Gasteiger partial charge >= 0.3 is 0 Å². The van der Waals surface area contributed by atoms with Gasteiger partial charge in [0, 0.05) is 15.2 Å². The molecule has 2 aromatic rings. The summed E-state index contributed by atoms with van der Waals surface area (Å²) in [7, 11) is -3.89. The summed E-state index contributed by atoms with van der Waals surface area (Å²) in [4.78, 5) is -0.144. The Labute approximate surface area is 136 Å². The van der Waals surface area contributed by atoms with Gasteiger partial charge in [0.1, 0.15) is 11.0 Å². The van der Waals surface area contributed by atoms with Crippen LogP contribution in [0, 0.1) is 18.3 Å². The molecule has 0 aliphatic rings. The molecule has 0 unspecified atom stereocenters. The van der Waals surface area contributed by atoms with Gasteiger partial charge in [-0.2, -0.15) is 5.26 Å². The standard InChI is InChI=1S/C14H10BrClN2O2S/c1-9-2-5-12(7-13(9)15)18-21(19,20)14-6-11(16)4-3-10(14)8-17/h2-7,18H,1H3. The van der Waals surface area contributed by atoms with Crippen molar-refractivity contribution >= 4 is 43.2 Å². The number of nitriles is 1. The molecular formula is C14H10BrClN2O2S. The molecule has 0 saturated heterocycles. The second-order valence-corrected chi connectivity index (χ2v) is 7.26. The van der Waals surface area contributed by atoms with Gasteiger partial charge in [-0.05, 0) is 42.8 Å². The Kier molecular flexibility index (Phi) is 4.57. The molecular weight excluding hydrogens is 376 g/mol. The molecule has 0 fully saturated rings. The topological polar surface area (TPSA) is 70.0 Å². The lowest BCUT2D eigenvalue weighted by atomic mass is 10.2. The highest BCUT2D eigenvalue weighted by atomic mass is 79.9. The van der Waals surface area contributed by atoms with Crippen molar-refractivity contribution in [2.45, 2.75) is 11.8 Å². The Hall–Kier alpha value is -1.55. The highest BCUT2D eigenvalue weighted by molar-refractivity contribution is 9.10. The smallest absolute Gasteiger partial charge is 0.263 e. The van der Waals surface area contributed by atoms with Crippen LogP contribution in [-0.4, -0.2) is 8.42 Å². The van der Waals surface area contributed by atoms with Crippen LogP contribution in [0.1, 0.15) is 11.1 Å². The van der Waals surface area contributed by atoms with Gasteiger partial charge in [-0.15, -0.1) is 0 Å². The molecule has 4 nitrogen and oxygen atoms in total. The third-order valence-electron chi connectivity index (χ3n) is 2.78. The molecule has 108 valence electrons. The number of rotatable bonds is 3. The van der Waals surface area contributed by atoms with E-state index in [1.165, 1.54) is 18.2 Å². The summed E-state index contributed by atoms with van der Waals surface area (Å²) in [5.74, 6) is 0. The fourth-order valence-corrected chi connectivity index (χ4v) is 3.53. The fourth-order valence-electron chi connectivity index (χ4n) is 1.68. The average Bonchev–Trinajstić information content (AvgIpc) is 2.42. The van der Waals surface area contributed by atoms with Crippen LogP contribution in [0.25, 0.3) is 0 Å². The lowest BCUT2D eigenvalue weighted by Crippen LogP contribution is -2.14. The van der Waals surface area contributed by atoms with Crippen LogP contribution < -0.4 is 4.72 Å². The van der Waals surface area contributed by atoms with E-state index in [1.54, 1.807) is 18.2 Å². The number of aryl methyl sites for hydroxylation is 1. The van der Waals surface area contributed by atoms with Crippen LogP contribution >= 0.6 is 27.5 Å². The minimum Gasteiger partial charge on any atom is -0.280 e. The molecule has 21 heavy (non-hydrogen) atoms. The Morgan fingerprint density at radius 3 is 2.57 bits per heavy atom. The molecule has 0 saturated carbocycles. The van der Waals surface area contributed by atoms with Crippen molar-refractivity contribution in [1.29, 1.82) is 5.26 Å². The monoisotopic (exact) mass is 384 g/mol. The van der Waals surface area contributed by atoms with E-state index in [1.807, 2.05) is 13.0 Å². The largest absolute Gasteiger partial charge is 0.280 e. The summed E-state index contributed by atoms with van der Waals surface area (Å²) in [5.41, 5.74) is 1.42. The lowest BCUT2D eigenvalue weighted by molar-refractivity contribution is 0.601. The summed E-state index contributed by atoms with van der Waals surface area (Å²) in [6, 6.07) is 11.0. The number of nitrogens with one attached hydrogen (secondary N) is 1. The highest BCUT2D eigenvalue weighted by Crippen LogP contribution is 2.25. The maximum Gasteiger partial charge on any atom is 0.263 e. The van der Waals surface area contributed by atoms with E-state index in [2.05, 4.69) is 20.7 Å². The van der Waals surface area contributed by atoms with Crippen molar-refractivity contribution < 1.29 is 8.42 Å². The Balaban J connectivity index is 2.46. The normalized spacial score (nSPS) is 11.0. The molecule has 0 bridgehead atoms. The number of nitrogens with zero attached hydrogens (tertiary/aromatic N) is 1. The molecule has 2 rings (SSSR count). The summed E-state index contributed by atoms with van der Waals surface area (Å²) in [6.45, 7) is 1.90. The SMILES string of the molecule is Cc1ccc(NS(=O)(=O)c2cc(Cl)ccc2C#N)cc1Br. The zero-order valence-corrected chi connectivity index (χ0v) is 14.1. The zero-order chi connectivity index (χ0) is 15.6. The molecule has 0 amide bonds. The minimum atomic E-state index is -3.89. The third-order valence-corrected chi connectivity index (χ3v) is 5.29. The lowest BCUT2D eigenvalue weighted by Gasteiger charge is -2.10. The quantitative estimate of drug-likeness (QED) is 0.865. The van der Waals surface area contributed by atoms with Crippen LogP contribution in [0.15, 0.2) is 45.8 Å². The molecule has 0 aliphatic heterocycles. The summed E-state index contributed by atoms with van der Waals surface area (Å²) in [6.07, 6.45) is 0. The van der Waals surface area contributed by atoms with Crippen molar-refractivity contribution in [2.24, 2.45) is 0 Å². The number of halogens is 2. The number of hydrogen-bond donors (Lipinski definition) is 1. The van der Waals surface area contributed by atoms with Crippen molar-refractivity contribution in [1.82, 2.24) is 0 Å². The third kappa shape index (κ3) is 3.56. The fraction of sp³-hybridized carbons (Fsp3) is 0.0714. The van der Waals surface area contributed by atoms with Crippen molar-refractivity contribution in [2.75, 3.05) is 4.72 Å². The average molecular weight is 386 g/mol. The molecule has 0 aromatic heterocycles. The second-order valence-electron chi connectivity index (χ2n) is 4.32. The van der Waals surface area contributed by atoms with Crippen molar-refractivity contribution in [3.63, 3.8) is 0 Å². The molecule has 0 spiro atoms. The Bertz CT molecular complexity index is 845. The maximum absolute atomic E-state index is 12.4. The van der Waals surface area contributed by atoms with Crippen LogP contribution in [0.5, 0.6) is 0 Å². The van der Waals surface area contributed by atoms with E-state index < -0.39 is 10.0 Å². The molecule has 0 heterocycles. The molecule has 7 heteroatoms. The predicted molar refractivity (Wildman–Crippen MR) is 85.9 cm³/mol. The van der Waals surface area contributed by atoms with Gasteiger partial charge in [0.15, 0.2) is 0 Å². The Morgan fingerprint density at radius 2 is 1.95 bits per heavy atom. The van der Waals surface area contributed by atoms with Gasteiger partial charge in [0.25, 0.3) is 10.0 Å².